The summed E-state index contributed by atoms with van der Waals surface area (Å²) in [7, 11) is 0. The number of carbonyl (C=O) groups is 1. The number of aliphatic hydroxyl groups excluding tert-OH is 1. The molecule has 3 N–H and O–H groups in total. The van der Waals surface area contributed by atoms with Crippen molar-refractivity contribution in [2.24, 2.45) is 0 Å². The predicted octanol–water partition coefficient (Wildman–Crippen LogP) is 4.91. The SMILES string of the molecule is O=C(O)COc1cc(Cl)c(Cc2ccc(O)c(-c3cccc(CO)c3)c2)c(Cl)c1. The molecule has 150 valence electrons. The number of phenolic OH excluding ortho intramolecular Hbond substituents is 1. The van der Waals surface area contributed by atoms with E-state index in [4.69, 9.17) is 33.0 Å². The van der Waals surface area contributed by atoms with Crippen LogP contribution in [0.25, 0.3) is 11.1 Å². The van der Waals surface area contributed by atoms with Crippen LogP contribution in [0.2, 0.25) is 10.0 Å². The maximum absolute atomic E-state index is 10.6. The number of benzene rings is 3. The fourth-order valence-corrected chi connectivity index (χ4v) is 3.54. The zero-order valence-corrected chi connectivity index (χ0v) is 16.7. The fourth-order valence-electron chi connectivity index (χ4n) is 2.94. The van der Waals surface area contributed by atoms with E-state index >= 15 is 0 Å². The Kier molecular flexibility index (Phi) is 6.64. The van der Waals surface area contributed by atoms with Crippen LogP contribution in [0.3, 0.4) is 0 Å². The molecular formula is C22H18Cl2O5. The highest BCUT2D eigenvalue weighted by Gasteiger charge is 2.13. The zero-order valence-electron chi connectivity index (χ0n) is 15.2. The Labute approximate surface area is 177 Å². The molecule has 0 bridgehead atoms. The molecule has 7 heteroatoms. The highest BCUT2D eigenvalue weighted by atomic mass is 35.5. The molecule has 0 heterocycles. The third kappa shape index (κ3) is 5.21. The van der Waals surface area contributed by atoms with Crippen LogP contribution in [0.4, 0.5) is 0 Å². The molecule has 3 rings (SSSR count). The Morgan fingerprint density at radius 2 is 1.69 bits per heavy atom. The number of ether oxygens (including phenoxy) is 1. The molecule has 0 amide bonds. The van der Waals surface area contributed by atoms with Crippen molar-refractivity contribution in [1.82, 2.24) is 0 Å². The largest absolute Gasteiger partial charge is 0.507 e. The van der Waals surface area contributed by atoms with E-state index < -0.39 is 12.6 Å². The minimum atomic E-state index is -1.09. The number of rotatable bonds is 7. The second kappa shape index (κ2) is 9.18. The molecule has 5 nitrogen and oxygen atoms in total. The van der Waals surface area contributed by atoms with Gasteiger partial charge in [-0.1, -0.05) is 47.5 Å². The Morgan fingerprint density at radius 1 is 0.966 bits per heavy atom. The number of hydrogen-bond acceptors (Lipinski definition) is 4. The second-order valence-corrected chi connectivity index (χ2v) is 7.25. The summed E-state index contributed by atoms with van der Waals surface area (Å²) in [6.07, 6.45) is 0.407. The molecule has 0 spiro atoms. The summed E-state index contributed by atoms with van der Waals surface area (Å²) < 4.78 is 5.13. The third-order valence-electron chi connectivity index (χ3n) is 4.34. The molecule has 0 aliphatic heterocycles. The quantitative estimate of drug-likeness (QED) is 0.493. The minimum Gasteiger partial charge on any atom is -0.507 e. The normalized spacial score (nSPS) is 10.7. The first kappa shape index (κ1) is 21.0. The first-order valence-electron chi connectivity index (χ1n) is 8.72. The Hall–Kier alpha value is -2.73. The molecule has 3 aromatic carbocycles. The summed E-state index contributed by atoms with van der Waals surface area (Å²) in [5.41, 5.74) is 3.69. The molecule has 0 atom stereocenters. The topological polar surface area (TPSA) is 87.0 Å². The van der Waals surface area contributed by atoms with Crippen molar-refractivity contribution in [2.45, 2.75) is 13.0 Å². The van der Waals surface area contributed by atoms with Crippen LogP contribution in [0.15, 0.2) is 54.6 Å². The van der Waals surface area contributed by atoms with Gasteiger partial charge >= 0.3 is 5.97 Å². The molecule has 0 aliphatic rings. The lowest BCUT2D eigenvalue weighted by molar-refractivity contribution is -0.139. The monoisotopic (exact) mass is 432 g/mol. The number of phenols is 1. The first-order chi connectivity index (χ1) is 13.9. The van der Waals surface area contributed by atoms with E-state index in [0.717, 1.165) is 16.7 Å². The number of aliphatic hydroxyl groups is 1. The van der Waals surface area contributed by atoms with Gasteiger partial charge in [-0.25, -0.2) is 4.79 Å². The molecular weight excluding hydrogens is 415 g/mol. The number of carboxylic acids is 1. The molecule has 0 aliphatic carbocycles. The third-order valence-corrected chi connectivity index (χ3v) is 5.01. The number of aromatic hydroxyl groups is 1. The Balaban J connectivity index is 1.90. The molecule has 0 unspecified atom stereocenters. The van der Waals surface area contributed by atoms with Crippen molar-refractivity contribution >= 4 is 29.2 Å². The van der Waals surface area contributed by atoms with Gasteiger partial charge in [0.05, 0.1) is 6.61 Å². The molecule has 3 aromatic rings. The summed E-state index contributed by atoms with van der Waals surface area (Å²) in [4.78, 5) is 10.6. The predicted molar refractivity (Wildman–Crippen MR) is 112 cm³/mol. The van der Waals surface area contributed by atoms with Gasteiger partial charge in [-0.05, 0) is 52.6 Å². The van der Waals surface area contributed by atoms with E-state index in [1.165, 1.54) is 12.1 Å². The molecule has 0 saturated heterocycles. The van der Waals surface area contributed by atoms with Crippen molar-refractivity contribution in [2.75, 3.05) is 6.61 Å². The number of aliphatic carboxylic acids is 1. The highest BCUT2D eigenvalue weighted by Crippen LogP contribution is 2.35. The lowest BCUT2D eigenvalue weighted by atomic mass is 9.97. The van der Waals surface area contributed by atoms with Gasteiger partial charge in [-0.2, -0.15) is 0 Å². The smallest absolute Gasteiger partial charge is 0.341 e. The van der Waals surface area contributed by atoms with E-state index in [-0.39, 0.29) is 18.1 Å². The van der Waals surface area contributed by atoms with Gasteiger partial charge in [0.1, 0.15) is 11.5 Å². The van der Waals surface area contributed by atoms with Crippen molar-refractivity contribution in [3.05, 3.63) is 81.3 Å². The lowest BCUT2D eigenvalue weighted by Crippen LogP contribution is -2.09. The average Bonchev–Trinajstić information content (AvgIpc) is 2.70. The average molecular weight is 433 g/mol. The zero-order chi connectivity index (χ0) is 21.0. The van der Waals surface area contributed by atoms with Crippen LogP contribution in [-0.2, 0) is 17.8 Å². The van der Waals surface area contributed by atoms with E-state index in [0.29, 0.717) is 27.6 Å². The van der Waals surface area contributed by atoms with Crippen LogP contribution >= 0.6 is 23.2 Å². The molecule has 0 fully saturated rings. The van der Waals surface area contributed by atoms with Crippen molar-refractivity contribution in [3.63, 3.8) is 0 Å². The van der Waals surface area contributed by atoms with Gasteiger partial charge in [0.2, 0.25) is 0 Å². The fraction of sp³-hybridized carbons (Fsp3) is 0.136. The van der Waals surface area contributed by atoms with Crippen LogP contribution in [0, 0.1) is 0 Å². The van der Waals surface area contributed by atoms with Gasteiger partial charge in [0.25, 0.3) is 0 Å². The van der Waals surface area contributed by atoms with E-state index in [1.807, 2.05) is 24.3 Å². The van der Waals surface area contributed by atoms with Crippen molar-refractivity contribution in [1.29, 1.82) is 0 Å². The van der Waals surface area contributed by atoms with Crippen LogP contribution in [0.5, 0.6) is 11.5 Å². The summed E-state index contributed by atoms with van der Waals surface area (Å²) in [5.74, 6) is -0.694. The van der Waals surface area contributed by atoms with Gasteiger partial charge in [0.15, 0.2) is 6.61 Å². The first-order valence-corrected chi connectivity index (χ1v) is 9.47. The molecule has 29 heavy (non-hydrogen) atoms. The Morgan fingerprint density at radius 3 is 2.34 bits per heavy atom. The van der Waals surface area contributed by atoms with Crippen molar-refractivity contribution < 1.29 is 24.9 Å². The number of halogens is 2. The van der Waals surface area contributed by atoms with E-state index in [9.17, 15) is 15.0 Å². The van der Waals surface area contributed by atoms with Gasteiger partial charge in [-0.15, -0.1) is 0 Å². The second-order valence-electron chi connectivity index (χ2n) is 6.43. The minimum absolute atomic E-state index is 0.0875. The highest BCUT2D eigenvalue weighted by molar-refractivity contribution is 6.36. The summed E-state index contributed by atoms with van der Waals surface area (Å²) in [5, 5.41) is 29.1. The van der Waals surface area contributed by atoms with Gasteiger partial charge < -0.3 is 20.1 Å². The van der Waals surface area contributed by atoms with Gasteiger partial charge in [-0.3, -0.25) is 0 Å². The lowest BCUT2D eigenvalue weighted by Gasteiger charge is -2.13. The van der Waals surface area contributed by atoms with Gasteiger partial charge in [0, 0.05) is 22.0 Å². The standard InChI is InChI=1S/C22H18Cl2O5/c23-19-9-16(29-12-22(27)28)10-20(24)18(19)8-13-4-5-21(26)17(7-13)15-3-1-2-14(6-15)11-25/h1-7,9-10,25-26H,8,11-12H2,(H,27,28). The number of hydrogen-bond donors (Lipinski definition) is 3. The summed E-state index contributed by atoms with van der Waals surface area (Å²) in [6, 6.07) is 15.6. The number of carboxylic acid groups (broad SMARTS) is 1. The van der Waals surface area contributed by atoms with Crippen molar-refractivity contribution in [3.8, 4) is 22.6 Å². The van der Waals surface area contributed by atoms with Crippen LogP contribution < -0.4 is 4.74 Å². The van der Waals surface area contributed by atoms with Crippen LogP contribution in [0.1, 0.15) is 16.7 Å². The maximum atomic E-state index is 10.6. The van der Waals surface area contributed by atoms with E-state index in [1.54, 1.807) is 18.2 Å². The summed E-state index contributed by atoms with van der Waals surface area (Å²) >= 11 is 12.7. The molecule has 0 aromatic heterocycles. The Bertz CT molecular complexity index is 1030. The summed E-state index contributed by atoms with van der Waals surface area (Å²) in [6.45, 7) is -0.573. The molecule has 0 saturated carbocycles. The van der Waals surface area contributed by atoms with E-state index in [2.05, 4.69) is 0 Å². The maximum Gasteiger partial charge on any atom is 0.341 e. The molecule has 0 radical (unpaired) electrons. The van der Waals surface area contributed by atoms with Crippen LogP contribution in [-0.4, -0.2) is 27.9 Å².